The maximum absolute atomic E-state index is 12.1. The molecule has 0 aliphatic rings. The number of oxime groups is 1. The average Bonchev–Trinajstić information content (AvgIpc) is 3.05. The Bertz CT molecular complexity index is 709. The van der Waals surface area contributed by atoms with Gasteiger partial charge in [-0.2, -0.15) is 0 Å². The number of hydrogen-bond donors (Lipinski definition) is 3. The van der Waals surface area contributed by atoms with Crippen molar-refractivity contribution in [2.45, 2.75) is 12.8 Å². The summed E-state index contributed by atoms with van der Waals surface area (Å²) in [4.78, 5) is 19.0. The molecule has 1 aromatic heterocycles. The lowest BCUT2D eigenvalue weighted by Crippen LogP contribution is -2.33. The molecule has 1 heterocycles. The summed E-state index contributed by atoms with van der Waals surface area (Å²) >= 11 is 6.81. The third-order valence-corrected chi connectivity index (χ3v) is 4.43. The number of halogens is 2. The van der Waals surface area contributed by atoms with E-state index in [0.29, 0.717) is 18.7 Å². The van der Waals surface area contributed by atoms with Crippen molar-refractivity contribution in [3.63, 3.8) is 0 Å². The van der Waals surface area contributed by atoms with E-state index in [1.165, 1.54) is 0 Å². The zero-order chi connectivity index (χ0) is 17.5. The molecule has 1 aromatic carbocycles. The van der Waals surface area contributed by atoms with E-state index in [4.69, 9.17) is 9.94 Å². The molecule has 0 aliphatic carbocycles. The van der Waals surface area contributed by atoms with Gasteiger partial charge >= 0.3 is 0 Å². The molecular formula is C15H16Br2N4O3. The van der Waals surface area contributed by atoms with Gasteiger partial charge in [0, 0.05) is 31.3 Å². The fourth-order valence-corrected chi connectivity index (χ4v) is 3.70. The number of nitrogens with one attached hydrogen (secondary N) is 2. The molecule has 24 heavy (non-hydrogen) atoms. The Balaban J connectivity index is 1.97. The summed E-state index contributed by atoms with van der Waals surface area (Å²) in [5.74, 6) is 0.241. The molecule has 9 heteroatoms. The van der Waals surface area contributed by atoms with Crippen molar-refractivity contribution in [1.29, 1.82) is 0 Å². The normalized spacial score (nSPS) is 11.4. The number of aromatic amines is 1. The van der Waals surface area contributed by atoms with Gasteiger partial charge in [0.25, 0.3) is 5.91 Å². The number of hydrogen-bond acceptors (Lipinski definition) is 5. The molecule has 3 N–H and O–H groups in total. The van der Waals surface area contributed by atoms with E-state index in [-0.39, 0.29) is 12.1 Å². The predicted octanol–water partition coefficient (Wildman–Crippen LogP) is 2.67. The van der Waals surface area contributed by atoms with E-state index < -0.39 is 5.91 Å². The number of carbonyl (C=O) groups excluding carboxylic acids is 1. The minimum absolute atomic E-state index is 0.0311. The lowest BCUT2D eigenvalue weighted by atomic mass is 10.1. The van der Waals surface area contributed by atoms with Gasteiger partial charge in [0.15, 0.2) is 0 Å². The molecular weight excluding hydrogens is 444 g/mol. The Kier molecular flexibility index (Phi) is 6.80. The molecule has 0 aliphatic heterocycles. The summed E-state index contributed by atoms with van der Waals surface area (Å²) in [5, 5.41) is 15.0. The zero-order valence-corrected chi connectivity index (χ0v) is 16.0. The van der Waals surface area contributed by atoms with Crippen LogP contribution in [-0.2, 0) is 17.6 Å². The van der Waals surface area contributed by atoms with Crippen molar-refractivity contribution in [3.05, 3.63) is 44.9 Å². The number of nitrogens with zero attached hydrogens (tertiary/aromatic N) is 2. The summed E-state index contributed by atoms with van der Waals surface area (Å²) in [6.07, 6.45) is 4.08. The van der Waals surface area contributed by atoms with Crippen molar-refractivity contribution in [3.8, 4) is 5.75 Å². The molecule has 0 fully saturated rings. The van der Waals surface area contributed by atoms with E-state index >= 15 is 0 Å². The third kappa shape index (κ3) is 4.81. The lowest BCUT2D eigenvalue weighted by molar-refractivity contribution is -0.115. The van der Waals surface area contributed by atoms with Crippen molar-refractivity contribution in [2.75, 3.05) is 13.7 Å². The minimum Gasteiger partial charge on any atom is -0.494 e. The second-order valence-electron chi connectivity index (χ2n) is 4.90. The van der Waals surface area contributed by atoms with Gasteiger partial charge in [0.1, 0.15) is 11.5 Å². The van der Waals surface area contributed by atoms with Crippen LogP contribution in [0.1, 0.15) is 11.3 Å². The summed E-state index contributed by atoms with van der Waals surface area (Å²) in [6.45, 7) is 0.413. The molecule has 0 atom stereocenters. The van der Waals surface area contributed by atoms with Crippen molar-refractivity contribution in [1.82, 2.24) is 15.3 Å². The van der Waals surface area contributed by atoms with E-state index in [9.17, 15) is 4.79 Å². The molecule has 1 amide bonds. The van der Waals surface area contributed by atoms with E-state index in [1.807, 2.05) is 12.1 Å². The summed E-state index contributed by atoms with van der Waals surface area (Å²) in [6, 6.07) is 3.62. The van der Waals surface area contributed by atoms with Gasteiger partial charge in [-0.3, -0.25) is 4.79 Å². The van der Waals surface area contributed by atoms with Gasteiger partial charge in [-0.25, -0.2) is 4.98 Å². The standard InChI is InChI=1S/C15H16Br2N4O3/c1-24-14-11(16)4-9(5-12(14)17)6-13(21-23)15(22)19-3-2-10-7-18-8-20-10/h4-5,7-8,23H,2-3,6H2,1H3,(H,18,20)(H,19,22). The van der Waals surface area contributed by atoms with Gasteiger partial charge in [-0.15, -0.1) is 0 Å². The molecule has 0 spiro atoms. The van der Waals surface area contributed by atoms with Gasteiger partial charge in [0.2, 0.25) is 0 Å². The first-order chi connectivity index (χ1) is 11.5. The largest absolute Gasteiger partial charge is 0.494 e. The Morgan fingerprint density at radius 3 is 2.67 bits per heavy atom. The Morgan fingerprint density at radius 2 is 2.12 bits per heavy atom. The number of benzene rings is 1. The highest BCUT2D eigenvalue weighted by Gasteiger charge is 2.15. The molecule has 128 valence electrons. The summed E-state index contributed by atoms with van der Waals surface area (Å²) in [5.41, 5.74) is 1.75. The molecule has 2 aromatic rings. The first-order valence-electron chi connectivity index (χ1n) is 7.03. The Morgan fingerprint density at radius 1 is 1.42 bits per heavy atom. The van der Waals surface area contributed by atoms with Crippen LogP contribution in [0.15, 0.2) is 38.8 Å². The number of imidazole rings is 1. The number of aromatic nitrogens is 2. The average molecular weight is 460 g/mol. The van der Waals surface area contributed by atoms with Crippen molar-refractivity contribution < 1.29 is 14.7 Å². The number of amides is 1. The number of ether oxygens (including phenoxy) is 1. The van der Waals surface area contributed by atoms with Crippen LogP contribution < -0.4 is 10.1 Å². The van der Waals surface area contributed by atoms with Crippen LogP contribution in [0.4, 0.5) is 0 Å². The second kappa shape index (κ2) is 8.84. The Labute approximate surface area is 155 Å². The lowest BCUT2D eigenvalue weighted by Gasteiger charge is -2.10. The van der Waals surface area contributed by atoms with Crippen LogP contribution in [0.2, 0.25) is 0 Å². The highest BCUT2D eigenvalue weighted by Crippen LogP contribution is 2.34. The second-order valence-corrected chi connectivity index (χ2v) is 6.61. The fourth-order valence-electron chi connectivity index (χ4n) is 2.10. The van der Waals surface area contributed by atoms with Crippen molar-refractivity contribution >= 4 is 43.5 Å². The monoisotopic (exact) mass is 458 g/mol. The minimum atomic E-state index is -0.417. The first-order valence-corrected chi connectivity index (χ1v) is 8.62. The molecule has 0 saturated heterocycles. The number of H-pyrrole nitrogens is 1. The van der Waals surface area contributed by atoms with Gasteiger partial charge in [-0.05, 0) is 49.6 Å². The molecule has 2 rings (SSSR count). The zero-order valence-electron chi connectivity index (χ0n) is 12.8. The van der Waals surface area contributed by atoms with Crippen LogP contribution in [0.3, 0.4) is 0 Å². The molecule has 0 unspecified atom stereocenters. The SMILES string of the molecule is COc1c(Br)cc(CC(=NO)C(=O)NCCc2cnc[nH]2)cc1Br. The van der Waals surface area contributed by atoms with Crippen LogP contribution in [0.5, 0.6) is 5.75 Å². The molecule has 0 radical (unpaired) electrons. The maximum atomic E-state index is 12.1. The molecule has 0 saturated carbocycles. The summed E-state index contributed by atoms with van der Waals surface area (Å²) in [7, 11) is 1.57. The van der Waals surface area contributed by atoms with Gasteiger partial charge in [0.05, 0.1) is 22.4 Å². The molecule has 0 bridgehead atoms. The van der Waals surface area contributed by atoms with E-state index in [0.717, 1.165) is 20.2 Å². The van der Waals surface area contributed by atoms with Crippen LogP contribution in [0.25, 0.3) is 0 Å². The maximum Gasteiger partial charge on any atom is 0.269 e. The number of methoxy groups -OCH3 is 1. The topological polar surface area (TPSA) is 99.6 Å². The van der Waals surface area contributed by atoms with Gasteiger partial charge in [-0.1, -0.05) is 5.16 Å². The van der Waals surface area contributed by atoms with Crippen molar-refractivity contribution in [2.24, 2.45) is 5.16 Å². The fraction of sp³-hybridized carbons (Fsp3) is 0.267. The molecule has 7 nitrogen and oxygen atoms in total. The first kappa shape index (κ1) is 18.5. The van der Waals surface area contributed by atoms with Crippen LogP contribution in [0, 0.1) is 0 Å². The van der Waals surface area contributed by atoms with E-state index in [1.54, 1.807) is 19.6 Å². The smallest absolute Gasteiger partial charge is 0.269 e. The predicted molar refractivity (Wildman–Crippen MR) is 96.6 cm³/mol. The Hall–Kier alpha value is -1.87. The third-order valence-electron chi connectivity index (χ3n) is 3.25. The highest BCUT2D eigenvalue weighted by molar-refractivity contribution is 9.11. The van der Waals surface area contributed by atoms with Crippen LogP contribution >= 0.6 is 31.9 Å². The number of rotatable bonds is 7. The summed E-state index contributed by atoms with van der Waals surface area (Å²) < 4.78 is 6.72. The van der Waals surface area contributed by atoms with Gasteiger partial charge < -0.3 is 20.2 Å². The quantitative estimate of drug-likeness (QED) is 0.336. The van der Waals surface area contributed by atoms with Crippen LogP contribution in [-0.4, -0.2) is 40.4 Å². The number of carbonyl (C=O) groups is 1. The highest BCUT2D eigenvalue weighted by atomic mass is 79.9. The van der Waals surface area contributed by atoms with E-state index in [2.05, 4.69) is 52.3 Å².